The molecule has 2 aromatic rings. The number of pyridine rings is 2. The SMILES string of the molecule is C=Cc1cc(-c2cc(N)c(N3CCN(C(=O)CC4CCCO4)[C@H](C4CC4)C3)nc2C2CC2)ccn1. The van der Waals surface area contributed by atoms with Crippen LogP contribution in [-0.2, 0) is 9.53 Å². The van der Waals surface area contributed by atoms with Crippen LogP contribution in [0, 0.1) is 5.92 Å². The van der Waals surface area contributed by atoms with Crippen molar-refractivity contribution >= 4 is 23.5 Å². The van der Waals surface area contributed by atoms with Crippen LogP contribution in [0.5, 0.6) is 0 Å². The lowest BCUT2D eigenvalue weighted by molar-refractivity contribution is -0.136. The summed E-state index contributed by atoms with van der Waals surface area (Å²) in [5.74, 6) is 2.20. The molecule has 0 spiro atoms. The first-order valence-electron chi connectivity index (χ1n) is 13.2. The Morgan fingerprint density at radius 1 is 1.20 bits per heavy atom. The highest BCUT2D eigenvalue weighted by Gasteiger charge is 2.42. The quantitative estimate of drug-likeness (QED) is 0.647. The summed E-state index contributed by atoms with van der Waals surface area (Å²) in [7, 11) is 0. The Kier molecular flexibility index (Phi) is 5.96. The van der Waals surface area contributed by atoms with E-state index in [1.165, 1.54) is 25.7 Å². The van der Waals surface area contributed by atoms with Gasteiger partial charge in [-0.15, -0.1) is 0 Å². The Bertz CT molecular complexity index is 1120. The molecule has 4 heterocycles. The van der Waals surface area contributed by atoms with E-state index in [1.54, 1.807) is 6.08 Å². The lowest BCUT2D eigenvalue weighted by atomic mass is 10.00. The number of carbonyl (C=O) groups is 1. The van der Waals surface area contributed by atoms with Crippen LogP contribution in [0.4, 0.5) is 11.5 Å². The van der Waals surface area contributed by atoms with Crippen LogP contribution in [0.3, 0.4) is 0 Å². The number of nitrogen functional groups attached to an aromatic ring is 1. The van der Waals surface area contributed by atoms with Crippen molar-refractivity contribution in [3.05, 3.63) is 42.4 Å². The van der Waals surface area contributed by atoms with Gasteiger partial charge in [-0.1, -0.05) is 6.58 Å². The number of nitrogens with zero attached hydrogens (tertiary/aromatic N) is 4. The second-order valence-electron chi connectivity index (χ2n) is 10.6. The Hall–Kier alpha value is -2.93. The van der Waals surface area contributed by atoms with Crippen LogP contribution in [0.15, 0.2) is 31.0 Å². The molecule has 1 unspecified atom stereocenters. The van der Waals surface area contributed by atoms with E-state index in [0.29, 0.717) is 23.9 Å². The highest BCUT2D eigenvalue weighted by molar-refractivity contribution is 5.79. The maximum absolute atomic E-state index is 13.2. The minimum atomic E-state index is 0.0983. The summed E-state index contributed by atoms with van der Waals surface area (Å²) in [4.78, 5) is 27.2. The summed E-state index contributed by atoms with van der Waals surface area (Å²) in [6.07, 6.45) is 11.0. The van der Waals surface area contributed by atoms with Crippen LogP contribution in [0.1, 0.15) is 62.3 Å². The predicted molar refractivity (Wildman–Crippen MR) is 138 cm³/mol. The Morgan fingerprint density at radius 2 is 2.06 bits per heavy atom. The van der Waals surface area contributed by atoms with E-state index in [2.05, 4.69) is 33.5 Å². The van der Waals surface area contributed by atoms with E-state index in [0.717, 1.165) is 67.4 Å². The fourth-order valence-electron chi connectivity index (χ4n) is 5.73. The van der Waals surface area contributed by atoms with Gasteiger partial charge >= 0.3 is 0 Å². The summed E-state index contributed by atoms with van der Waals surface area (Å²) in [6, 6.07) is 6.41. The average molecular weight is 474 g/mol. The number of ether oxygens (including phenoxy) is 1. The van der Waals surface area contributed by atoms with Crippen molar-refractivity contribution in [1.82, 2.24) is 14.9 Å². The highest BCUT2D eigenvalue weighted by atomic mass is 16.5. The number of hydrogen-bond acceptors (Lipinski definition) is 6. The molecular weight excluding hydrogens is 438 g/mol. The molecule has 6 rings (SSSR count). The molecule has 0 bridgehead atoms. The van der Waals surface area contributed by atoms with Crippen molar-refractivity contribution in [2.45, 2.75) is 63.0 Å². The molecule has 184 valence electrons. The molecule has 7 heteroatoms. The molecule has 2 saturated carbocycles. The smallest absolute Gasteiger partial charge is 0.225 e. The van der Waals surface area contributed by atoms with Gasteiger partial charge in [-0.05, 0) is 74.3 Å². The zero-order chi connectivity index (χ0) is 23.9. The molecule has 1 amide bonds. The molecule has 2 aliphatic carbocycles. The molecule has 2 N–H and O–H groups in total. The lowest BCUT2D eigenvalue weighted by Crippen LogP contribution is -2.57. The summed E-state index contributed by atoms with van der Waals surface area (Å²) in [6.45, 7) is 6.93. The van der Waals surface area contributed by atoms with Crippen molar-refractivity contribution in [2.75, 3.05) is 36.9 Å². The molecule has 0 aromatic carbocycles. The van der Waals surface area contributed by atoms with Crippen molar-refractivity contribution < 1.29 is 9.53 Å². The number of amides is 1. The van der Waals surface area contributed by atoms with Gasteiger partial charge in [0.1, 0.15) is 0 Å². The van der Waals surface area contributed by atoms with Crippen LogP contribution in [-0.4, -0.2) is 59.2 Å². The molecule has 2 aromatic heterocycles. The molecule has 4 aliphatic rings. The summed E-state index contributed by atoms with van der Waals surface area (Å²) in [5.41, 5.74) is 11.5. The summed E-state index contributed by atoms with van der Waals surface area (Å²) >= 11 is 0. The fourth-order valence-corrected chi connectivity index (χ4v) is 5.73. The van der Waals surface area contributed by atoms with Gasteiger partial charge in [0.25, 0.3) is 0 Å². The van der Waals surface area contributed by atoms with E-state index in [9.17, 15) is 4.79 Å². The second kappa shape index (κ2) is 9.26. The largest absolute Gasteiger partial charge is 0.396 e. The summed E-state index contributed by atoms with van der Waals surface area (Å²) in [5, 5.41) is 0. The number of rotatable bonds is 7. The van der Waals surface area contributed by atoms with Crippen molar-refractivity contribution in [3.8, 4) is 11.1 Å². The third-order valence-corrected chi connectivity index (χ3v) is 7.96. The van der Waals surface area contributed by atoms with E-state index in [1.807, 2.05) is 12.3 Å². The lowest BCUT2D eigenvalue weighted by Gasteiger charge is -2.43. The minimum absolute atomic E-state index is 0.0983. The highest BCUT2D eigenvalue weighted by Crippen LogP contribution is 2.46. The van der Waals surface area contributed by atoms with E-state index in [-0.39, 0.29) is 18.1 Å². The van der Waals surface area contributed by atoms with Crippen molar-refractivity contribution in [2.24, 2.45) is 5.92 Å². The fraction of sp³-hybridized carbons (Fsp3) is 0.536. The van der Waals surface area contributed by atoms with E-state index in [4.69, 9.17) is 15.5 Å². The maximum atomic E-state index is 13.2. The number of piperazine rings is 1. The third kappa shape index (κ3) is 4.66. The standard InChI is InChI=1S/C28H35N5O2/c1-2-21-14-20(9-10-30-21)23-16-24(29)28(31-27(23)19-7-8-19)32-11-12-33(25(17-32)18-5-6-18)26(34)15-22-4-3-13-35-22/h2,9-10,14,16,18-19,22,25H,1,3-8,11-13,15,17,29H2/t22?,25-/m0/s1. The first-order valence-corrected chi connectivity index (χ1v) is 13.2. The zero-order valence-corrected chi connectivity index (χ0v) is 20.4. The average Bonchev–Trinajstić information content (AvgIpc) is 3.82. The normalized spacial score (nSPS) is 24.6. The monoisotopic (exact) mass is 473 g/mol. The maximum Gasteiger partial charge on any atom is 0.225 e. The molecular formula is C28H35N5O2. The first-order chi connectivity index (χ1) is 17.1. The zero-order valence-electron chi connectivity index (χ0n) is 20.4. The van der Waals surface area contributed by atoms with Crippen molar-refractivity contribution in [1.29, 1.82) is 0 Å². The van der Waals surface area contributed by atoms with Gasteiger partial charge in [0.2, 0.25) is 5.91 Å². The number of nitrogens with two attached hydrogens (primary N) is 1. The van der Waals surface area contributed by atoms with Crippen LogP contribution < -0.4 is 10.6 Å². The Labute approximate surface area is 207 Å². The van der Waals surface area contributed by atoms with Gasteiger partial charge in [0.15, 0.2) is 5.82 Å². The number of aromatic nitrogens is 2. The molecule has 7 nitrogen and oxygen atoms in total. The van der Waals surface area contributed by atoms with Gasteiger partial charge in [-0.2, -0.15) is 0 Å². The predicted octanol–water partition coefficient (Wildman–Crippen LogP) is 4.24. The van der Waals surface area contributed by atoms with E-state index >= 15 is 0 Å². The third-order valence-electron chi connectivity index (χ3n) is 7.96. The van der Waals surface area contributed by atoms with Gasteiger partial charge < -0.3 is 20.3 Å². The van der Waals surface area contributed by atoms with Gasteiger partial charge in [-0.3, -0.25) is 9.78 Å². The number of carbonyl (C=O) groups excluding carboxylic acids is 1. The topological polar surface area (TPSA) is 84.6 Å². The van der Waals surface area contributed by atoms with Crippen LogP contribution in [0.2, 0.25) is 0 Å². The Morgan fingerprint density at radius 3 is 2.77 bits per heavy atom. The molecule has 4 fully saturated rings. The van der Waals surface area contributed by atoms with Gasteiger partial charge in [0.05, 0.1) is 35.6 Å². The van der Waals surface area contributed by atoms with E-state index < -0.39 is 0 Å². The number of hydrogen-bond donors (Lipinski definition) is 1. The van der Waals surface area contributed by atoms with Crippen LogP contribution in [0.25, 0.3) is 17.2 Å². The molecule has 2 saturated heterocycles. The Balaban J connectivity index is 1.26. The second-order valence-corrected chi connectivity index (χ2v) is 10.6. The number of anilines is 2. The van der Waals surface area contributed by atoms with Crippen molar-refractivity contribution in [3.63, 3.8) is 0 Å². The van der Waals surface area contributed by atoms with Gasteiger partial charge in [0, 0.05) is 43.9 Å². The van der Waals surface area contributed by atoms with Gasteiger partial charge in [-0.25, -0.2) is 4.98 Å². The molecule has 35 heavy (non-hydrogen) atoms. The molecule has 2 atom stereocenters. The first kappa shape index (κ1) is 22.5. The minimum Gasteiger partial charge on any atom is -0.396 e. The van der Waals surface area contributed by atoms with Crippen LogP contribution >= 0.6 is 0 Å². The molecule has 2 aliphatic heterocycles. The summed E-state index contributed by atoms with van der Waals surface area (Å²) < 4.78 is 5.74. The molecule has 0 radical (unpaired) electrons.